The van der Waals surface area contributed by atoms with Crippen molar-refractivity contribution < 1.29 is 19.1 Å². The van der Waals surface area contributed by atoms with Gasteiger partial charge in [0.05, 0.1) is 6.07 Å². The van der Waals surface area contributed by atoms with Crippen LogP contribution in [0.15, 0.2) is 30.3 Å². The Morgan fingerprint density at radius 3 is 2.54 bits per heavy atom. The standard InChI is InChI=1S/C16H20N4O4/c1-11(7-8-17)14(15(18)22)20-13(21)9-19-16(23)24-10-12-5-3-2-4-6-12/h2-6,11,14H,7,9-10H2,1H3,(H2,18,22)(H,19,23)(H,20,21)/t11-,14+/m1/s1. The molecule has 1 aromatic carbocycles. The number of carbonyl (C=O) groups excluding carboxylic acids is 3. The summed E-state index contributed by atoms with van der Waals surface area (Å²) in [5.74, 6) is -1.76. The summed E-state index contributed by atoms with van der Waals surface area (Å²) in [6.07, 6.45) is -0.685. The average molecular weight is 332 g/mol. The van der Waals surface area contributed by atoms with Crippen LogP contribution in [0.2, 0.25) is 0 Å². The fourth-order valence-electron chi connectivity index (χ4n) is 1.91. The minimum atomic E-state index is -0.973. The lowest BCUT2D eigenvalue weighted by Gasteiger charge is -2.20. The monoisotopic (exact) mass is 332 g/mol. The zero-order valence-corrected chi connectivity index (χ0v) is 13.3. The van der Waals surface area contributed by atoms with Crippen molar-refractivity contribution in [3.63, 3.8) is 0 Å². The molecule has 0 aliphatic heterocycles. The summed E-state index contributed by atoms with van der Waals surface area (Å²) in [6, 6.07) is 10.0. The summed E-state index contributed by atoms with van der Waals surface area (Å²) in [4.78, 5) is 34.6. The topological polar surface area (TPSA) is 134 Å². The third-order valence-electron chi connectivity index (χ3n) is 3.21. The van der Waals surface area contributed by atoms with Crippen LogP contribution in [-0.4, -0.2) is 30.5 Å². The number of hydrogen-bond donors (Lipinski definition) is 3. The zero-order chi connectivity index (χ0) is 17.9. The van der Waals surface area contributed by atoms with E-state index in [0.717, 1.165) is 5.56 Å². The molecule has 0 spiro atoms. The Morgan fingerprint density at radius 1 is 1.29 bits per heavy atom. The molecule has 0 radical (unpaired) electrons. The van der Waals surface area contributed by atoms with Gasteiger partial charge in [0.15, 0.2) is 0 Å². The molecular formula is C16H20N4O4. The first-order valence-electron chi connectivity index (χ1n) is 7.34. The van der Waals surface area contributed by atoms with Gasteiger partial charge in [-0.1, -0.05) is 37.3 Å². The van der Waals surface area contributed by atoms with Gasteiger partial charge in [-0.25, -0.2) is 4.79 Å². The molecule has 3 amide bonds. The quantitative estimate of drug-likeness (QED) is 0.634. The second-order valence-electron chi connectivity index (χ2n) is 5.20. The van der Waals surface area contributed by atoms with Crippen molar-refractivity contribution >= 4 is 17.9 Å². The van der Waals surface area contributed by atoms with Gasteiger partial charge in [-0.3, -0.25) is 9.59 Å². The van der Waals surface area contributed by atoms with E-state index in [0.29, 0.717) is 0 Å². The molecule has 4 N–H and O–H groups in total. The first-order chi connectivity index (χ1) is 11.4. The van der Waals surface area contributed by atoms with Gasteiger partial charge in [0.1, 0.15) is 19.2 Å². The number of primary amides is 1. The van der Waals surface area contributed by atoms with Gasteiger partial charge < -0.3 is 21.1 Å². The molecule has 0 heterocycles. The van der Waals surface area contributed by atoms with E-state index >= 15 is 0 Å². The first kappa shape index (κ1) is 19.0. The first-order valence-corrected chi connectivity index (χ1v) is 7.34. The van der Waals surface area contributed by atoms with Crippen molar-refractivity contribution in [1.29, 1.82) is 5.26 Å². The number of amides is 3. The van der Waals surface area contributed by atoms with Crippen LogP contribution in [0, 0.1) is 17.2 Å². The lowest BCUT2D eigenvalue weighted by molar-refractivity contribution is -0.127. The van der Waals surface area contributed by atoms with Crippen molar-refractivity contribution in [2.24, 2.45) is 11.7 Å². The molecule has 1 aromatic rings. The summed E-state index contributed by atoms with van der Waals surface area (Å²) in [5, 5.41) is 13.3. The molecule has 128 valence electrons. The lowest BCUT2D eigenvalue weighted by atomic mass is 9.98. The summed E-state index contributed by atoms with van der Waals surface area (Å²) in [7, 11) is 0. The third-order valence-corrected chi connectivity index (χ3v) is 3.21. The van der Waals surface area contributed by atoms with Crippen LogP contribution in [-0.2, 0) is 20.9 Å². The third kappa shape index (κ3) is 6.79. The Morgan fingerprint density at radius 2 is 1.96 bits per heavy atom. The van der Waals surface area contributed by atoms with Crippen LogP contribution in [0.4, 0.5) is 4.79 Å². The molecule has 0 fully saturated rings. The molecule has 0 aromatic heterocycles. The number of hydrogen-bond acceptors (Lipinski definition) is 5. The summed E-state index contributed by atoms with van der Waals surface area (Å²) in [5.41, 5.74) is 6.03. The zero-order valence-electron chi connectivity index (χ0n) is 13.3. The second-order valence-corrected chi connectivity index (χ2v) is 5.20. The van der Waals surface area contributed by atoms with Crippen LogP contribution < -0.4 is 16.4 Å². The smallest absolute Gasteiger partial charge is 0.407 e. The van der Waals surface area contributed by atoms with Gasteiger partial charge in [-0.2, -0.15) is 5.26 Å². The van der Waals surface area contributed by atoms with Crippen molar-refractivity contribution in [1.82, 2.24) is 10.6 Å². The summed E-state index contributed by atoms with van der Waals surface area (Å²) < 4.78 is 4.95. The van der Waals surface area contributed by atoms with E-state index in [4.69, 9.17) is 15.7 Å². The molecule has 0 aliphatic carbocycles. The number of nitrogens with one attached hydrogen (secondary N) is 2. The summed E-state index contributed by atoms with van der Waals surface area (Å²) in [6.45, 7) is 1.34. The molecule has 24 heavy (non-hydrogen) atoms. The Labute approximate surface area is 140 Å². The molecule has 0 saturated carbocycles. The largest absolute Gasteiger partial charge is 0.445 e. The Bertz CT molecular complexity index is 612. The predicted molar refractivity (Wildman–Crippen MR) is 85.1 cm³/mol. The number of nitriles is 1. The van der Waals surface area contributed by atoms with E-state index in [9.17, 15) is 14.4 Å². The highest BCUT2D eigenvalue weighted by molar-refractivity contribution is 5.88. The van der Waals surface area contributed by atoms with Crippen molar-refractivity contribution in [3.05, 3.63) is 35.9 Å². The highest BCUT2D eigenvalue weighted by Gasteiger charge is 2.24. The van der Waals surface area contributed by atoms with E-state index in [1.807, 2.05) is 24.3 Å². The molecule has 1 rings (SSSR count). The van der Waals surface area contributed by atoms with Gasteiger partial charge in [-0.05, 0) is 11.5 Å². The van der Waals surface area contributed by atoms with Gasteiger partial charge in [0.25, 0.3) is 0 Å². The highest BCUT2D eigenvalue weighted by Crippen LogP contribution is 2.07. The Kier molecular flexibility index (Phi) is 7.78. The maximum Gasteiger partial charge on any atom is 0.407 e. The Hall–Kier alpha value is -3.08. The molecule has 0 bridgehead atoms. The van der Waals surface area contributed by atoms with Gasteiger partial charge in [0, 0.05) is 6.42 Å². The van der Waals surface area contributed by atoms with Crippen LogP contribution in [0.25, 0.3) is 0 Å². The number of carbonyl (C=O) groups is 3. The normalized spacial score (nSPS) is 12.3. The average Bonchev–Trinajstić information content (AvgIpc) is 2.56. The van der Waals surface area contributed by atoms with Crippen LogP contribution in [0.5, 0.6) is 0 Å². The predicted octanol–water partition coefficient (Wildman–Crippen LogP) is 0.433. The minimum Gasteiger partial charge on any atom is -0.445 e. The highest BCUT2D eigenvalue weighted by atomic mass is 16.5. The van der Waals surface area contributed by atoms with E-state index in [1.54, 1.807) is 19.1 Å². The van der Waals surface area contributed by atoms with Gasteiger partial charge in [0.2, 0.25) is 11.8 Å². The number of nitrogens with zero attached hydrogens (tertiary/aromatic N) is 1. The summed E-state index contributed by atoms with van der Waals surface area (Å²) >= 11 is 0. The SMILES string of the molecule is C[C@H](CC#N)[C@H](NC(=O)CNC(=O)OCc1ccccc1)C(N)=O. The van der Waals surface area contributed by atoms with E-state index in [2.05, 4.69) is 10.6 Å². The van der Waals surface area contributed by atoms with E-state index < -0.39 is 29.9 Å². The van der Waals surface area contributed by atoms with Crippen LogP contribution in [0.1, 0.15) is 18.9 Å². The molecule has 0 unspecified atom stereocenters. The molecule has 0 aliphatic rings. The molecule has 8 nitrogen and oxygen atoms in total. The van der Waals surface area contributed by atoms with E-state index in [-0.39, 0.29) is 19.6 Å². The second kappa shape index (κ2) is 9.84. The number of alkyl carbamates (subject to hydrolysis) is 1. The number of rotatable bonds is 8. The molecule has 2 atom stereocenters. The van der Waals surface area contributed by atoms with Gasteiger partial charge in [-0.15, -0.1) is 0 Å². The fraction of sp³-hybridized carbons (Fsp3) is 0.375. The van der Waals surface area contributed by atoms with Crippen molar-refractivity contribution in [2.45, 2.75) is 26.0 Å². The molecule has 0 saturated heterocycles. The maximum atomic E-state index is 11.8. The van der Waals surface area contributed by atoms with E-state index in [1.165, 1.54) is 0 Å². The Balaban J connectivity index is 2.37. The number of nitrogens with two attached hydrogens (primary N) is 1. The fourth-order valence-corrected chi connectivity index (χ4v) is 1.91. The van der Waals surface area contributed by atoms with Gasteiger partial charge >= 0.3 is 6.09 Å². The maximum absolute atomic E-state index is 11.8. The van der Waals surface area contributed by atoms with Crippen LogP contribution >= 0.6 is 0 Å². The number of benzene rings is 1. The minimum absolute atomic E-state index is 0.0699. The lowest BCUT2D eigenvalue weighted by Crippen LogP contribution is -2.51. The number of ether oxygens (including phenoxy) is 1. The van der Waals surface area contributed by atoms with Crippen molar-refractivity contribution in [3.8, 4) is 6.07 Å². The van der Waals surface area contributed by atoms with Crippen molar-refractivity contribution in [2.75, 3.05) is 6.54 Å². The van der Waals surface area contributed by atoms with Crippen LogP contribution in [0.3, 0.4) is 0 Å². The molecular weight excluding hydrogens is 312 g/mol. The molecule has 8 heteroatoms.